The molecule has 0 aromatic heterocycles. The highest BCUT2D eigenvalue weighted by Crippen LogP contribution is 2.38. The van der Waals surface area contributed by atoms with Crippen LogP contribution in [0.15, 0.2) is 24.3 Å². The van der Waals surface area contributed by atoms with Crippen molar-refractivity contribution < 1.29 is 9.18 Å². The lowest BCUT2D eigenvalue weighted by Gasteiger charge is -2.39. The summed E-state index contributed by atoms with van der Waals surface area (Å²) >= 11 is 0. The van der Waals surface area contributed by atoms with E-state index < -0.39 is 5.41 Å². The Bertz CT molecular complexity index is 497. The minimum Gasteiger partial charge on any atom is -0.338 e. The molecule has 0 radical (unpaired) electrons. The number of benzene rings is 1. The van der Waals surface area contributed by atoms with Crippen LogP contribution in [0.2, 0.25) is 0 Å². The van der Waals surface area contributed by atoms with Crippen molar-refractivity contribution in [1.82, 2.24) is 4.90 Å². The van der Waals surface area contributed by atoms with Crippen molar-refractivity contribution in [1.29, 1.82) is 0 Å². The number of nitrogens with zero attached hydrogens (tertiary/aromatic N) is 1. The maximum Gasteiger partial charge on any atom is 0.230 e. The third-order valence-electron chi connectivity index (χ3n) is 4.91. The molecular weight excluding hydrogens is 267 g/mol. The molecule has 21 heavy (non-hydrogen) atoms. The highest BCUT2D eigenvalue weighted by molar-refractivity contribution is 5.83. The van der Waals surface area contributed by atoms with E-state index in [0.29, 0.717) is 12.1 Å². The third kappa shape index (κ3) is 3.10. The Morgan fingerprint density at radius 1 is 1.33 bits per heavy atom. The number of nitrogens with two attached hydrogens (primary N) is 1. The zero-order valence-electron chi connectivity index (χ0n) is 12.9. The summed E-state index contributed by atoms with van der Waals surface area (Å²) in [7, 11) is 1.76. The van der Waals surface area contributed by atoms with Crippen molar-refractivity contribution in [2.24, 2.45) is 11.1 Å². The van der Waals surface area contributed by atoms with Gasteiger partial charge in [-0.05, 0) is 25.8 Å². The summed E-state index contributed by atoms with van der Waals surface area (Å²) in [5, 5.41) is 0. The number of hydrogen-bond acceptors (Lipinski definition) is 2. The van der Waals surface area contributed by atoms with Gasteiger partial charge < -0.3 is 10.6 Å². The van der Waals surface area contributed by atoms with Gasteiger partial charge in [-0.15, -0.1) is 0 Å². The fourth-order valence-corrected chi connectivity index (χ4v) is 3.31. The van der Waals surface area contributed by atoms with Gasteiger partial charge >= 0.3 is 0 Å². The first-order valence-electron chi connectivity index (χ1n) is 7.73. The van der Waals surface area contributed by atoms with Gasteiger partial charge in [-0.2, -0.15) is 0 Å². The predicted octanol–water partition coefficient (Wildman–Crippen LogP) is 3.25. The Hall–Kier alpha value is -1.42. The second-order valence-electron chi connectivity index (χ2n) is 6.16. The molecule has 3 nitrogen and oxygen atoms in total. The molecule has 0 heterocycles. The van der Waals surface area contributed by atoms with Crippen LogP contribution in [0.4, 0.5) is 4.39 Å². The Morgan fingerprint density at radius 2 is 1.95 bits per heavy atom. The summed E-state index contributed by atoms with van der Waals surface area (Å²) in [6, 6.07) is 6.34. The molecule has 0 bridgehead atoms. The van der Waals surface area contributed by atoms with E-state index in [1.165, 1.54) is 12.5 Å². The van der Waals surface area contributed by atoms with E-state index in [2.05, 4.69) is 0 Å². The normalized spacial score (nSPS) is 19.0. The van der Waals surface area contributed by atoms with Crippen LogP contribution in [0.1, 0.15) is 50.6 Å². The van der Waals surface area contributed by atoms with Crippen LogP contribution in [-0.2, 0) is 4.79 Å². The van der Waals surface area contributed by atoms with E-state index >= 15 is 0 Å². The first-order valence-corrected chi connectivity index (χ1v) is 7.73. The van der Waals surface area contributed by atoms with Gasteiger partial charge in [-0.1, -0.05) is 37.5 Å². The SMILES string of the molecule is CC(c1ccccc1F)N(C)C(=O)C1(CN)CCCCC1. The monoisotopic (exact) mass is 292 g/mol. The molecule has 0 spiro atoms. The number of carbonyl (C=O) groups is 1. The molecule has 2 N–H and O–H groups in total. The molecule has 1 saturated carbocycles. The second kappa shape index (κ2) is 6.56. The third-order valence-corrected chi connectivity index (χ3v) is 4.91. The van der Waals surface area contributed by atoms with Crippen LogP contribution in [0.3, 0.4) is 0 Å². The zero-order valence-corrected chi connectivity index (χ0v) is 12.9. The summed E-state index contributed by atoms with van der Waals surface area (Å²) in [5.74, 6) is -0.212. The number of amides is 1. The lowest BCUT2D eigenvalue weighted by molar-refractivity contribution is -0.144. The second-order valence-corrected chi connectivity index (χ2v) is 6.16. The average Bonchev–Trinajstić information content (AvgIpc) is 2.54. The minimum atomic E-state index is -0.452. The van der Waals surface area contributed by atoms with E-state index in [4.69, 9.17) is 5.73 Å². The van der Waals surface area contributed by atoms with Crippen LogP contribution in [-0.4, -0.2) is 24.4 Å². The summed E-state index contributed by atoms with van der Waals surface area (Å²) in [5.41, 5.74) is 6.02. The zero-order chi connectivity index (χ0) is 15.5. The lowest BCUT2D eigenvalue weighted by atomic mass is 9.73. The molecule has 1 aromatic rings. The molecule has 0 aliphatic heterocycles. The molecule has 1 amide bonds. The number of hydrogen-bond donors (Lipinski definition) is 1. The van der Waals surface area contributed by atoms with Gasteiger partial charge in [0, 0.05) is 19.2 Å². The molecule has 1 aromatic carbocycles. The fraction of sp³-hybridized carbons (Fsp3) is 0.588. The van der Waals surface area contributed by atoms with Gasteiger partial charge in [0.1, 0.15) is 5.82 Å². The molecule has 2 rings (SSSR count). The Kier molecular flexibility index (Phi) is 4.99. The van der Waals surface area contributed by atoms with E-state index in [1.54, 1.807) is 30.1 Å². The Labute approximate surface area is 126 Å². The van der Waals surface area contributed by atoms with Crippen LogP contribution in [0.5, 0.6) is 0 Å². The first-order chi connectivity index (χ1) is 10.0. The molecule has 116 valence electrons. The van der Waals surface area contributed by atoms with E-state index in [-0.39, 0.29) is 17.8 Å². The molecule has 1 atom stereocenters. The van der Waals surface area contributed by atoms with Gasteiger partial charge in [0.05, 0.1) is 11.5 Å². The number of halogens is 1. The average molecular weight is 292 g/mol. The molecule has 1 unspecified atom stereocenters. The highest BCUT2D eigenvalue weighted by atomic mass is 19.1. The summed E-state index contributed by atoms with van der Waals surface area (Å²) < 4.78 is 13.9. The topological polar surface area (TPSA) is 46.3 Å². The molecule has 0 saturated heterocycles. The van der Waals surface area contributed by atoms with Crippen molar-refractivity contribution in [2.45, 2.75) is 45.1 Å². The Balaban J connectivity index is 2.20. The van der Waals surface area contributed by atoms with E-state index in [0.717, 1.165) is 25.7 Å². The van der Waals surface area contributed by atoms with Crippen LogP contribution in [0.25, 0.3) is 0 Å². The highest BCUT2D eigenvalue weighted by Gasteiger charge is 2.41. The molecule has 1 aliphatic carbocycles. The van der Waals surface area contributed by atoms with Gasteiger partial charge in [-0.25, -0.2) is 4.39 Å². The van der Waals surface area contributed by atoms with E-state index in [9.17, 15) is 9.18 Å². The maximum atomic E-state index is 13.9. The van der Waals surface area contributed by atoms with Gasteiger partial charge in [-0.3, -0.25) is 4.79 Å². The van der Waals surface area contributed by atoms with Gasteiger partial charge in [0.15, 0.2) is 0 Å². The van der Waals surface area contributed by atoms with Crippen molar-refractivity contribution in [3.8, 4) is 0 Å². The molecular formula is C17H25FN2O. The van der Waals surface area contributed by atoms with Crippen molar-refractivity contribution in [3.05, 3.63) is 35.6 Å². The van der Waals surface area contributed by atoms with Crippen molar-refractivity contribution in [2.75, 3.05) is 13.6 Å². The number of carbonyl (C=O) groups excluding carboxylic acids is 1. The molecule has 1 aliphatic rings. The van der Waals surface area contributed by atoms with Crippen molar-refractivity contribution in [3.63, 3.8) is 0 Å². The van der Waals surface area contributed by atoms with Gasteiger partial charge in [0.2, 0.25) is 5.91 Å². The largest absolute Gasteiger partial charge is 0.338 e. The quantitative estimate of drug-likeness (QED) is 0.926. The van der Waals surface area contributed by atoms with Crippen LogP contribution < -0.4 is 5.73 Å². The first kappa shape index (κ1) is 16.0. The summed E-state index contributed by atoms with van der Waals surface area (Å²) in [4.78, 5) is 14.6. The molecule has 4 heteroatoms. The number of rotatable bonds is 4. The van der Waals surface area contributed by atoms with Crippen LogP contribution >= 0.6 is 0 Å². The smallest absolute Gasteiger partial charge is 0.230 e. The van der Waals surface area contributed by atoms with Crippen LogP contribution in [0, 0.1) is 11.2 Å². The fourth-order valence-electron chi connectivity index (χ4n) is 3.31. The lowest BCUT2D eigenvalue weighted by Crippen LogP contribution is -2.48. The standard InChI is InChI=1S/C17H25FN2O/c1-13(14-8-4-5-9-15(14)18)20(2)16(21)17(12-19)10-6-3-7-11-17/h4-5,8-9,13H,3,6-7,10-12,19H2,1-2H3. The predicted molar refractivity (Wildman–Crippen MR) is 82.2 cm³/mol. The van der Waals surface area contributed by atoms with E-state index in [1.807, 2.05) is 6.92 Å². The van der Waals surface area contributed by atoms with Crippen molar-refractivity contribution >= 4 is 5.91 Å². The summed E-state index contributed by atoms with van der Waals surface area (Å²) in [6.07, 6.45) is 4.95. The molecule has 1 fully saturated rings. The Morgan fingerprint density at radius 3 is 2.52 bits per heavy atom. The van der Waals surface area contributed by atoms with Gasteiger partial charge in [0.25, 0.3) is 0 Å². The minimum absolute atomic E-state index is 0.0560. The summed E-state index contributed by atoms with van der Waals surface area (Å²) in [6.45, 7) is 2.24. The maximum absolute atomic E-state index is 13.9.